The largest absolute Gasteiger partial charge is 0.464 e. The Morgan fingerprint density at radius 3 is 2.38 bits per heavy atom. The predicted octanol–water partition coefficient (Wildman–Crippen LogP) is 3.97. The zero-order valence-corrected chi connectivity index (χ0v) is 12.3. The van der Waals surface area contributed by atoms with Crippen LogP contribution in [0.15, 0.2) is 42.5 Å². The van der Waals surface area contributed by atoms with Gasteiger partial charge in [-0.15, -0.1) is 0 Å². The highest BCUT2D eigenvalue weighted by Gasteiger charge is 2.30. The van der Waals surface area contributed by atoms with Gasteiger partial charge in [-0.25, -0.2) is 13.9 Å². The number of halogens is 4. The van der Waals surface area contributed by atoms with Crippen molar-refractivity contribution in [3.63, 3.8) is 0 Å². The highest BCUT2D eigenvalue weighted by atomic mass is 19.4. The third-order valence-corrected chi connectivity index (χ3v) is 3.46. The average Bonchev–Trinajstić information content (AvgIpc) is 2.92. The molecule has 0 saturated heterocycles. The molecule has 0 spiro atoms. The van der Waals surface area contributed by atoms with Gasteiger partial charge in [-0.05, 0) is 42.5 Å². The Kier molecular flexibility index (Phi) is 3.75. The third kappa shape index (κ3) is 2.70. The zero-order valence-electron chi connectivity index (χ0n) is 12.3. The molecule has 0 saturated carbocycles. The molecule has 8 heteroatoms. The van der Waals surface area contributed by atoms with Gasteiger partial charge in [0.25, 0.3) is 0 Å². The molecular formula is C16H10F4N2O2. The first-order valence-corrected chi connectivity index (χ1v) is 6.75. The first-order chi connectivity index (χ1) is 11.3. The molecule has 0 radical (unpaired) electrons. The van der Waals surface area contributed by atoms with E-state index < -0.39 is 23.5 Å². The summed E-state index contributed by atoms with van der Waals surface area (Å²) in [5, 5.41) is 4.27. The van der Waals surface area contributed by atoms with Gasteiger partial charge in [0, 0.05) is 5.39 Å². The third-order valence-electron chi connectivity index (χ3n) is 3.46. The monoisotopic (exact) mass is 338 g/mol. The summed E-state index contributed by atoms with van der Waals surface area (Å²) in [5.41, 5.74) is -0.250. The fourth-order valence-electron chi connectivity index (χ4n) is 2.33. The lowest BCUT2D eigenvalue weighted by Gasteiger charge is -2.08. The maximum Gasteiger partial charge on any atom is 0.416 e. The van der Waals surface area contributed by atoms with Crippen molar-refractivity contribution in [1.29, 1.82) is 0 Å². The first-order valence-electron chi connectivity index (χ1n) is 6.75. The Hall–Kier alpha value is -2.90. The first kappa shape index (κ1) is 16.0. The number of carbonyl (C=O) groups excluding carboxylic acids is 1. The normalized spacial score (nSPS) is 11.7. The number of hydrogen-bond acceptors (Lipinski definition) is 3. The number of hydrogen-bond donors (Lipinski definition) is 0. The molecule has 1 heterocycles. The number of methoxy groups -OCH3 is 1. The predicted molar refractivity (Wildman–Crippen MR) is 77.4 cm³/mol. The van der Waals surface area contributed by atoms with Crippen LogP contribution in [0.2, 0.25) is 0 Å². The van der Waals surface area contributed by atoms with Crippen LogP contribution in [-0.2, 0) is 10.9 Å². The molecule has 4 nitrogen and oxygen atoms in total. The molecule has 3 aromatic rings. The molecule has 0 atom stereocenters. The summed E-state index contributed by atoms with van der Waals surface area (Å²) in [4.78, 5) is 11.8. The number of carbonyl (C=O) groups is 1. The summed E-state index contributed by atoms with van der Waals surface area (Å²) in [7, 11) is 1.16. The maximum absolute atomic E-state index is 13.5. The summed E-state index contributed by atoms with van der Waals surface area (Å²) in [5.74, 6) is -1.34. The molecule has 124 valence electrons. The quantitative estimate of drug-likeness (QED) is 0.525. The smallest absolute Gasteiger partial charge is 0.416 e. The van der Waals surface area contributed by atoms with E-state index in [1.807, 2.05) is 0 Å². The minimum Gasteiger partial charge on any atom is -0.464 e. The number of nitrogens with zero attached hydrogens (tertiary/aromatic N) is 2. The Morgan fingerprint density at radius 2 is 1.79 bits per heavy atom. The number of alkyl halides is 3. The SMILES string of the molecule is COC(=O)c1nn(-c2ccc(C(F)(F)F)cc2)c2ccc(F)cc12. The summed E-state index contributed by atoms with van der Waals surface area (Å²) in [6.45, 7) is 0. The van der Waals surface area contributed by atoms with E-state index in [1.54, 1.807) is 0 Å². The van der Waals surface area contributed by atoms with Crippen LogP contribution < -0.4 is 0 Å². The van der Waals surface area contributed by atoms with Crippen LogP contribution in [0.25, 0.3) is 16.6 Å². The van der Waals surface area contributed by atoms with Gasteiger partial charge in [-0.2, -0.15) is 18.3 Å². The number of fused-ring (bicyclic) bond motifs is 1. The van der Waals surface area contributed by atoms with Gasteiger partial charge in [0.2, 0.25) is 0 Å². The second-order valence-corrected chi connectivity index (χ2v) is 4.96. The van der Waals surface area contributed by atoms with Crippen molar-refractivity contribution in [2.45, 2.75) is 6.18 Å². The molecule has 2 aromatic carbocycles. The van der Waals surface area contributed by atoms with E-state index in [0.717, 1.165) is 25.3 Å². The zero-order chi connectivity index (χ0) is 17.5. The Balaban J connectivity index is 2.18. The average molecular weight is 338 g/mol. The van der Waals surface area contributed by atoms with Crippen LogP contribution in [-0.4, -0.2) is 22.9 Å². The van der Waals surface area contributed by atoms with E-state index in [2.05, 4.69) is 9.84 Å². The molecule has 0 unspecified atom stereocenters. The van der Waals surface area contributed by atoms with Crippen molar-refractivity contribution in [3.8, 4) is 5.69 Å². The van der Waals surface area contributed by atoms with Crippen molar-refractivity contribution in [1.82, 2.24) is 9.78 Å². The van der Waals surface area contributed by atoms with Gasteiger partial charge in [0.05, 0.1) is 23.9 Å². The van der Waals surface area contributed by atoms with Gasteiger partial charge in [-0.3, -0.25) is 0 Å². The molecule has 0 aliphatic heterocycles. The van der Waals surface area contributed by atoms with Crippen molar-refractivity contribution >= 4 is 16.9 Å². The lowest BCUT2D eigenvalue weighted by atomic mass is 10.2. The summed E-state index contributed by atoms with van der Waals surface area (Å²) >= 11 is 0. The molecule has 1 aromatic heterocycles. The Morgan fingerprint density at radius 1 is 1.12 bits per heavy atom. The standard InChI is InChI=1S/C16H10F4N2O2/c1-24-15(23)14-12-8-10(17)4-7-13(12)22(21-14)11-5-2-9(3-6-11)16(18,19)20/h2-8H,1H3. The van der Waals surface area contributed by atoms with E-state index in [9.17, 15) is 22.4 Å². The molecule has 24 heavy (non-hydrogen) atoms. The van der Waals surface area contributed by atoms with Gasteiger partial charge in [0.15, 0.2) is 5.69 Å². The van der Waals surface area contributed by atoms with Crippen LogP contribution in [0.4, 0.5) is 17.6 Å². The molecule has 0 amide bonds. The van der Waals surface area contributed by atoms with E-state index in [-0.39, 0.29) is 11.1 Å². The van der Waals surface area contributed by atoms with Gasteiger partial charge in [-0.1, -0.05) is 0 Å². The molecule has 0 N–H and O–H groups in total. The highest BCUT2D eigenvalue weighted by Crippen LogP contribution is 2.30. The van der Waals surface area contributed by atoms with Gasteiger partial charge >= 0.3 is 12.1 Å². The molecular weight excluding hydrogens is 328 g/mol. The lowest BCUT2D eigenvalue weighted by molar-refractivity contribution is -0.137. The molecule has 0 fully saturated rings. The van der Waals surface area contributed by atoms with E-state index in [0.29, 0.717) is 11.2 Å². The number of esters is 1. The number of benzene rings is 2. The van der Waals surface area contributed by atoms with Crippen LogP contribution in [0.5, 0.6) is 0 Å². The summed E-state index contributed by atoms with van der Waals surface area (Å²) in [6.07, 6.45) is -4.45. The van der Waals surface area contributed by atoms with Crippen molar-refractivity contribution in [2.24, 2.45) is 0 Å². The lowest BCUT2D eigenvalue weighted by Crippen LogP contribution is -2.06. The van der Waals surface area contributed by atoms with E-state index >= 15 is 0 Å². The van der Waals surface area contributed by atoms with Crippen LogP contribution in [0, 0.1) is 5.82 Å². The molecule has 0 aliphatic rings. The number of aromatic nitrogens is 2. The number of ether oxygens (including phenoxy) is 1. The minimum atomic E-state index is -4.45. The van der Waals surface area contributed by atoms with Gasteiger partial charge in [0.1, 0.15) is 5.82 Å². The van der Waals surface area contributed by atoms with Crippen molar-refractivity contribution in [2.75, 3.05) is 7.11 Å². The second-order valence-electron chi connectivity index (χ2n) is 4.96. The molecule has 0 aliphatic carbocycles. The molecule has 0 bridgehead atoms. The van der Waals surface area contributed by atoms with Gasteiger partial charge < -0.3 is 4.74 Å². The summed E-state index contributed by atoms with van der Waals surface area (Å²) < 4.78 is 57.3. The van der Waals surface area contributed by atoms with Crippen LogP contribution in [0.3, 0.4) is 0 Å². The Labute approximate surface area is 133 Å². The summed E-state index contributed by atoms with van der Waals surface area (Å²) in [6, 6.07) is 7.94. The minimum absolute atomic E-state index is 0.119. The fraction of sp³-hybridized carbons (Fsp3) is 0.125. The highest BCUT2D eigenvalue weighted by molar-refractivity contribution is 6.02. The van der Waals surface area contributed by atoms with Crippen LogP contribution in [0.1, 0.15) is 16.1 Å². The maximum atomic E-state index is 13.5. The van der Waals surface area contributed by atoms with Crippen molar-refractivity contribution in [3.05, 3.63) is 59.5 Å². The van der Waals surface area contributed by atoms with E-state index in [1.165, 1.54) is 28.9 Å². The fourth-order valence-corrected chi connectivity index (χ4v) is 2.33. The Bertz CT molecular complexity index is 914. The van der Waals surface area contributed by atoms with Crippen molar-refractivity contribution < 1.29 is 27.1 Å². The topological polar surface area (TPSA) is 44.1 Å². The number of rotatable bonds is 2. The second kappa shape index (κ2) is 5.63. The molecule has 3 rings (SSSR count). The van der Waals surface area contributed by atoms with E-state index in [4.69, 9.17) is 0 Å². The van der Waals surface area contributed by atoms with Crippen LogP contribution >= 0.6 is 0 Å².